The van der Waals surface area contributed by atoms with Crippen LogP contribution in [0.15, 0.2) is 18.2 Å². The van der Waals surface area contributed by atoms with Gasteiger partial charge in [-0.15, -0.1) is 0 Å². The molecule has 19 heavy (non-hydrogen) atoms. The van der Waals surface area contributed by atoms with Crippen molar-refractivity contribution in [3.63, 3.8) is 0 Å². The third-order valence-corrected chi connectivity index (χ3v) is 4.87. The maximum atomic E-state index is 12.2. The Kier molecular flexibility index (Phi) is 5.07. The molecular weight excluding hydrogens is 353 g/mol. The lowest BCUT2D eigenvalue weighted by Crippen LogP contribution is -2.41. The van der Waals surface area contributed by atoms with Gasteiger partial charge < -0.3 is 10.4 Å². The molecule has 2 N–H and O–H groups in total. The number of phenols is 1. The third-order valence-electron chi connectivity index (χ3n) is 3.96. The molecule has 1 aliphatic carbocycles. The van der Waals surface area contributed by atoms with Crippen LogP contribution in [0.5, 0.6) is 5.75 Å². The van der Waals surface area contributed by atoms with Gasteiger partial charge in [0.1, 0.15) is 5.75 Å². The van der Waals surface area contributed by atoms with E-state index < -0.39 is 0 Å². The number of phenolic OH excluding ortho intramolecular Hbond substituents is 1. The van der Waals surface area contributed by atoms with Crippen LogP contribution in [0.25, 0.3) is 0 Å². The predicted molar refractivity (Wildman–Crippen MR) is 84.3 cm³/mol. The number of benzene rings is 1. The smallest absolute Gasteiger partial charge is 0.251 e. The Morgan fingerprint density at radius 3 is 2.84 bits per heavy atom. The maximum Gasteiger partial charge on any atom is 0.251 e. The summed E-state index contributed by atoms with van der Waals surface area (Å²) >= 11 is 2.05. The predicted octanol–water partition coefficient (Wildman–Crippen LogP) is 3.70. The molecule has 2 unspecified atom stereocenters. The largest absolute Gasteiger partial charge is 0.507 e. The lowest BCUT2D eigenvalue weighted by atomic mass is 9.83. The Morgan fingerprint density at radius 2 is 2.16 bits per heavy atom. The van der Waals surface area contributed by atoms with Crippen LogP contribution >= 0.6 is 22.6 Å². The van der Waals surface area contributed by atoms with Gasteiger partial charge in [-0.2, -0.15) is 0 Å². The van der Waals surface area contributed by atoms with Crippen molar-refractivity contribution in [2.45, 2.75) is 45.1 Å². The average Bonchev–Trinajstić information content (AvgIpc) is 2.42. The molecular formula is C15H20INO2. The molecule has 0 saturated heterocycles. The zero-order chi connectivity index (χ0) is 13.8. The van der Waals surface area contributed by atoms with Crippen LogP contribution in [-0.4, -0.2) is 17.1 Å². The quantitative estimate of drug-likeness (QED) is 0.794. The van der Waals surface area contributed by atoms with Crippen LogP contribution in [0.2, 0.25) is 0 Å². The standard InChI is InChI=1S/C15H20INO2/c1-2-10-5-3-4-6-13(10)17-15(19)11-7-8-12(16)14(18)9-11/h7-10,13,18H,2-6H2,1H3,(H,17,19). The SMILES string of the molecule is CCC1CCCCC1NC(=O)c1ccc(I)c(O)c1. The van der Waals surface area contributed by atoms with Crippen LogP contribution in [0.1, 0.15) is 49.4 Å². The molecule has 1 amide bonds. The van der Waals surface area contributed by atoms with Gasteiger partial charge in [0.2, 0.25) is 0 Å². The first kappa shape index (κ1) is 14.6. The summed E-state index contributed by atoms with van der Waals surface area (Å²) in [5.41, 5.74) is 0.540. The molecule has 0 aliphatic heterocycles. The molecule has 4 heteroatoms. The van der Waals surface area contributed by atoms with Gasteiger partial charge in [0.25, 0.3) is 5.91 Å². The van der Waals surface area contributed by atoms with Gasteiger partial charge in [-0.25, -0.2) is 0 Å². The first-order chi connectivity index (χ1) is 9.11. The van der Waals surface area contributed by atoms with E-state index in [1.165, 1.54) is 19.3 Å². The van der Waals surface area contributed by atoms with E-state index in [9.17, 15) is 9.90 Å². The summed E-state index contributed by atoms with van der Waals surface area (Å²) in [5.74, 6) is 0.691. The Bertz CT molecular complexity index is 461. The zero-order valence-electron chi connectivity index (χ0n) is 11.2. The number of rotatable bonds is 3. The van der Waals surface area contributed by atoms with E-state index in [1.54, 1.807) is 18.2 Å². The lowest BCUT2D eigenvalue weighted by Gasteiger charge is -2.31. The van der Waals surface area contributed by atoms with Crippen LogP contribution < -0.4 is 5.32 Å². The van der Waals surface area contributed by atoms with Gasteiger partial charge in [0.15, 0.2) is 0 Å². The molecule has 0 spiro atoms. The number of nitrogens with one attached hydrogen (secondary N) is 1. The van der Waals surface area contributed by atoms with E-state index in [4.69, 9.17) is 0 Å². The highest BCUT2D eigenvalue weighted by molar-refractivity contribution is 14.1. The fraction of sp³-hybridized carbons (Fsp3) is 0.533. The molecule has 1 aromatic rings. The molecule has 2 rings (SSSR count). The van der Waals surface area contributed by atoms with Crippen molar-refractivity contribution < 1.29 is 9.90 Å². The van der Waals surface area contributed by atoms with E-state index in [0.29, 0.717) is 11.5 Å². The fourth-order valence-corrected chi connectivity index (χ4v) is 3.13. The first-order valence-electron chi connectivity index (χ1n) is 6.91. The Morgan fingerprint density at radius 1 is 1.42 bits per heavy atom. The number of carbonyl (C=O) groups excluding carboxylic acids is 1. The molecule has 3 nitrogen and oxygen atoms in total. The van der Waals surface area contributed by atoms with Gasteiger partial charge in [-0.05, 0) is 59.5 Å². The van der Waals surface area contributed by atoms with Gasteiger partial charge in [0, 0.05) is 11.6 Å². The second-order valence-electron chi connectivity index (χ2n) is 5.20. The minimum absolute atomic E-state index is 0.0722. The summed E-state index contributed by atoms with van der Waals surface area (Å²) < 4.78 is 0.762. The normalized spacial score (nSPS) is 23.1. The first-order valence-corrected chi connectivity index (χ1v) is 7.99. The summed E-state index contributed by atoms with van der Waals surface area (Å²) in [6.45, 7) is 2.19. The highest BCUT2D eigenvalue weighted by Gasteiger charge is 2.25. The lowest BCUT2D eigenvalue weighted by molar-refractivity contribution is 0.0904. The van der Waals surface area contributed by atoms with Crippen molar-refractivity contribution in [1.82, 2.24) is 5.32 Å². The minimum atomic E-state index is -0.0722. The molecule has 104 valence electrons. The van der Waals surface area contributed by atoms with Crippen molar-refractivity contribution in [1.29, 1.82) is 0 Å². The Labute approximate surface area is 127 Å². The number of hydrogen-bond donors (Lipinski definition) is 2. The van der Waals surface area contributed by atoms with Crippen molar-refractivity contribution in [3.05, 3.63) is 27.3 Å². The summed E-state index contributed by atoms with van der Waals surface area (Å²) in [7, 11) is 0. The van der Waals surface area contributed by atoms with Crippen molar-refractivity contribution in [3.8, 4) is 5.75 Å². The molecule has 0 heterocycles. The molecule has 0 bridgehead atoms. The van der Waals surface area contributed by atoms with Gasteiger partial charge >= 0.3 is 0 Å². The molecule has 1 fully saturated rings. The average molecular weight is 373 g/mol. The summed E-state index contributed by atoms with van der Waals surface area (Å²) in [6.07, 6.45) is 5.86. The van der Waals surface area contributed by atoms with E-state index in [0.717, 1.165) is 16.4 Å². The zero-order valence-corrected chi connectivity index (χ0v) is 13.3. The summed E-state index contributed by atoms with van der Waals surface area (Å²) in [6, 6.07) is 5.36. The molecule has 1 aliphatic rings. The highest BCUT2D eigenvalue weighted by atomic mass is 127. The maximum absolute atomic E-state index is 12.2. The third kappa shape index (κ3) is 3.61. The van der Waals surface area contributed by atoms with E-state index in [1.807, 2.05) is 22.6 Å². The molecule has 2 atom stereocenters. The van der Waals surface area contributed by atoms with E-state index in [-0.39, 0.29) is 17.7 Å². The highest BCUT2D eigenvalue weighted by Crippen LogP contribution is 2.27. The van der Waals surface area contributed by atoms with Crippen LogP contribution in [0, 0.1) is 9.49 Å². The Hall–Kier alpha value is -0.780. The van der Waals surface area contributed by atoms with Crippen molar-refractivity contribution in [2.24, 2.45) is 5.92 Å². The van der Waals surface area contributed by atoms with E-state index >= 15 is 0 Å². The van der Waals surface area contributed by atoms with E-state index in [2.05, 4.69) is 12.2 Å². The second kappa shape index (κ2) is 6.59. The van der Waals surface area contributed by atoms with Crippen LogP contribution in [0.3, 0.4) is 0 Å². The molecule has 1 aromatic carbocycles. The number of halogens is 1. The van der Waals surface area contributed by atoms with Gasteiger partial charge in [0.05, 0.1) is 3.57 Å². The molecule has 1 saturated carbocycles. The van der Waals surface area contributed by atoms with Gasteiger partial charge in [-0.1, -0.05) is 26.2 Å². The summed E-state index contributed by atoms with van der Waals surface area (Å²) in [4.78, 5) is 12.2. The van der Waals surface area contributed by atoms with Crippen molar-refractivity contribution >= 4 is 28.5 Å². The molecule has 0 aromatic heterocycles. The topological polar surface area (TPSA) is 49.3 Å². The monoisotopic (exact) mass is 373 g/mol. The fourth-order valence-electron chi connectivity index (χ4n) is 2.79. The van der Waals surface area contributed by atoms with Crippen LogP contribution in [0.4, 0.5) is 0 Å². The van der Waals surface area contributed by atoms with Crippen molar-refractivity contribution in [2.75, 3.05) is 0 Å². The second-order valence-corrected chi connectivity index (χ2v) is 6.36. The number of hydrogen-bond acceptors (Lipinski definition) is 2. The number of aromatic hydroxyl groups is 1. The summed E-state index contributed by atoms with van der Waals surface area (Å²) in [5, 5.41) is 12.8. The number of amides is 1. The minimum Gasteiger partial charge on any atom is -0.507 e. The Balaban J connectivity index is 2.05. The molecule has 0 radical (unpaired) electrons. The van der Waals surface area contributed by atoms with Gasteiger partial charge in [-0.3, -0.25) is 4.79 Å². The number of carbonyl (C=O) groups is 1. The van der Waals surface area contributed by atoms with Crippen LogP contribution in [-0.2, 0) is 0 Å².